The van der Waals surface area contributed by atoms with Gasteiger partial charge in [-0.2, -0.15) is 0 Å². The molecule has 5 nitrogen and oxygen atoms in total. The van der Waals surface area contributed by atoms with Crippen LogP contribution in [-0.4, -0.2) is 72.4 Å². The largest absolute Gasteiger partial charge is 0.395 e. The van der Waals surface area contributed by atoms with Crippen LogP contribution in [0.5, 0.6) is 0 Å². The number of halogens is 1. The van der Waals surface area contributed by atoms with E-state index in [4.69, 9.17) is 16.3 Å². The zero-order valence-corrected chi connectivity index (χ0v) is 12.4. The number of hydrogen-bond donors (Lipinski definition) is 1. The predicted octanol–water partition coefficient (Wildman–Crippen LogP) is 0.862. The van der Waals surface area contributed by atoms with Gasteiger partial charge < -0.3 is 9.84 Å². The molecule has 0 spiro atoms. The van der Waals surface area contributed by atoms with Gasteiger partial charge >= 0.3 is 0 Å². The molecule has 2 heterocycles. The van der Waals surface area contributed by atoms with Crippen molar-refractivity contribution >= 4 is 11.6 Å². The van der Waals surface area contributed by atoms with Crippen LogP contribution in [0.2, 0.25) is 5.15 Å². The summed E-state index contributed by atoms with van der Waals surface area (Å²) in [6, 6.07) is 3.87. The zero-order chi connectivity index (χ0) is 14.2. The molecule has 1 aromatic heterocycles. The van der Waals surface area contributed by atoms with Crippen molar-refractivity contribution in [1.82, 2.24) is 14.8 Å². The monoisotopic (exact) mass is 299 g/mol. The Morgan fingerprint density at radius 2 is 2.15 bits per heavy atom. The Bertz CT molecular complexity index is 400. The number of hydrogen-bond acceptors (Lipinski definition) is 5. The second-order valence-electron chi connectivity index (χ2n) is 4.91. The highest BCUT2D eigenvalue weighted by Crippen LogP contribution is 2.14. The lowest BCUT2D eigenvalue weighted by Crippen LogP contribution is -2.41. The van der Waals surface area contributed by atoms with Crippen molar-refractivity contribution < 1.29 is 9.84 Å². The van der Waals surface area contributed by atoms with E-state index >= 15 is 0 Å². The molecule has 6 heteroatoms. The maximum atomic E-state index is 9.20. The predicted molar refractivity (Wildman–Crippen MR) is 78.9 cm³/mol. The van der Waals surface area contributed by atoms with Crippen LogP contribution in [-0.2, 0) is 11.3 Å². The normalized spacial score (nSPS) is 16.8. The fourth-order valence-electron chi connectivity index (χ4n) is 2.30. The summed E-state index contributed by atoms with van der Waals surface area (Å²) in [5, 5.41) is 9.74. The fraction of sp³-hybridized carbons (Fsp3) is 0.643. The highest BCUT2D eigenvalue weighted by Gasteiger charge is 2.13. The first-order valence-corrected chi connectivity index (χ1v) is 7.40. The van der Waals surface area contributed by atoms with Crippen LogP contribution in [0.1, 0.15) is 5.56 Å². The summed E-state index contributed by atoms with van der Waals surface area (Å²) in [7, 11) is 0. The fourth-order valence-corrected chi connectivity index (χ4v) is 2.48. The summed E-state index contributed by atoms with van der Waals surface area (Å²) in [5.74, 6) is 0. The van der Waals surface area contributed by atoms with Crippen LogP contribution in [0, 0.1) is 0 Å². The number of nitrogens with zero attached hydrogens (tertiary/aromatic N) is 3. The van der Waals surface area contributed by atoms with E-state index in [1.165, 1.54) is 0 Å². The van der Waals surface area contributed by atoms with Crippen LogP contribution in [0.3, 0.4) is 0 Å². The molecule has 1 aliphatic heterocycles. The molecule has 1 aliphatic rings. The van der Waals surface area contributed by atoms with Crippen molar-refractivity contribution in [2.24, 2.45) is 0 Å². The molecule has 0 bridgehead atoms. The molecular weight excluding hydrogens is 278 g/mol. The number of aliphatic hydroxyl groups excluding tert-OH is 1. The lowest BCUT2D eigenvalue weighted by Gasteiger charge is -2.29. The Labute approximate surface area is 125 Å². The molecule has 0 radical (unpaired) electrons. The lowest BCUT2D eigenvalue weighted by molar-refractivity contribution is 0.0320. The topological polar surface area (TPSA) is 48.8 Å². The Balaban J connectivity index is 1.84. The van der Waals surface area contributed by atoms with Crippen LogP contribution < -0.4 is 0 Å². The third-order valence-electron chi connectivity index (χ3n) is 3.48. The van der Waals surface area contributed by atoms with E-state index in [1.54, 1.807) is 6.20 Å². The molecule has 0 atom stereocenters. The van der Waals surface area contributed by atoms with Crippen molar-refractivity contribution in [2.45, 2.75) is 6.54 Å². The molecule has 1 fully saturated rings. The third-order valence-corrected chi connectivity index (χ3v) is 3.82. The van der Waals surface area contributed by atoms with Gasteiger partial charge in [0.25, 0.3) is 0 Å². The maximum Gasteiger partial charge on any atom is 0.133 e. The van der Waals surface area contributed by atoms with E-state index in [1.807, 2.05) is 12.1 Å². The number of aromatic nitrogens is 1. The molecule has 0 amide bonds. The number of aliphatic hydroxyl groups is 1. The first-order chi connectivity index (χ1) is 9.79. The number of rotatable bonds is 7. The van der Waals surface area contributed by atoms with Gasteiger partial charge in [-0.15, -0.1) is 0 Å². The first-order valence-electron chi connectivity index (χ1n) is 7.02. The second-order valence-corrected chi connectivity index (χ2v) is 5.27. The Morgan fingerprint density at radius 3 is 2.85 bits per heavy atom. The molecule has 0 aliphatic carbocycles. The third kappa shape index (κ3) is 5.00. The SMILES string of the molecule is OCCN(CCN1CCOCC1)Cc1cccnc1Cl. The summed E-state index contributed by atoms with van der Waals surface area (Å²) in [6.07, 6.45) is 1.69. The van der Waals surface area contributed by atoms with E-state index in [2.05, 4.69) is 14.8 Å². The van der Waals surface area contributed by atoms with Crippen molar-refractivity contribution in [1.29, 1.82) is 0 Å². The molecule has 1 aromatic rings. The molecule has 2 rings (SSSR count). The van der Waals surface area contributed by atoms with Crippen molar-refractivity contribution in [2.75, 3.05) is 52.5 Å². The smallest absolute Gasteiger partial charge is 0.133 e. The van der Waals surface area contributed by atoms with Gasteiger partial charge in [-0.1, -0.05) is 17.7 Å². The lowest BCUT2D eigenvalue weighted by atomic mass is 10.2. The van der Waals surface area contributed by atoms with Crippen LogP contribution in [0.4, 0.5) is 0 Å². The minimum Gasteiger partial charge on any atom is -0.395 e. The van der Waals surface area contributed by atoms with Gasteiger partial charge in [0.2, 0.25) is 0 Å². The zero-order valence-electron chi connectivity index (χ0n) is 11.7. The second kappa shape index (κ2) is 8.54. The van der Waals surface area contributed by atoms with E-state index in [0.29, 0.717) is 11.7 Å². The molecule has 1 N–H and O–H groups in total. The van der Waals surface area contributed by atoms with Gasteiger partial charge in [0.15, 0.2) is 0 Å². The highest BCUT2D eigenvalue weighted by molar-refractivity contribution is 6.30. The number of pyridine rings is 1. The van der Waals surface area contributed by atoms with Gasteiger partial charge in [0.05, 0.1) is 19.8 Å². The molecule has 0 saturated carbocycles. The average Bonchev–Trinajstić information content (AvgIpc) is 2.48. The summed E-state index contributed by atoms with van der Waals surface area (Å²) in [5.41, 5.74) is 1.00. The quantitative estimate of drug-likeness (QED) is 0.757. The molecule has 0 aromatic carbocycles. The summed E-state index contributed by atoms with van der Waals surface area (Å²) < 4.78 is 5.34. The Kier molecular flexibility index (Phi) is 6.69. The molecule has 20 heavy (non-hydrogen) atoms. The van der Waals surface area contributed by atoms with Crippen molar-refractivity contribution in [3.8, 4) is 0 Å². The number of morpholine rings is 1. The maximum absolute atomic E-state index is 9.20. The minimum atomic E-state index is 0.154. The van der Waals surface area contributed by atoms with Crippen LogP contribution in [0.15, 0.2) is 18.3 Å². The molecule has 1 saturated heterocycles. The van der Waals surface area contributed by atoms with E-state index < -0.39 is 0 Å². The molecule has 0 unspecified atom stereocenters. The van der Waals surface area contributed by atoms with Gasteiger partial charge in [0, 0.05) is 51.0 Å². The van der Waals surface area contributed by atoms with E-state index in [-0.39, 0.29) is 6.61 Å². The minimum absolute atomic E-state index is 0.154. The summed E-state index contributed by atoms with van der Waals surface area (Å²) >= 11 is 6.09. The summed E-state index contributed by atoms with van der Waals surface area (Å²) in [4.78, 5) is 8.69. The Hall–Kier alpha value is -0.720. The molecular formula is C14H22ClN3O2. The van der Waals surface area contributed by atoms with Crippen molar-refractivity contribution in [3.05, 3.63) is 29.0 Å². The van der Waals surface area contributed by atoms with Crippen molar-refractivity contribution in [3.63, 3.8) is 0 Å². The van der Waals surface area contributed by atoms with Gasteiger partial charge in [0.1, 0.15) is 5.15 Å². The van der Waals surface area contributed by atoms with Gasteiger partial charge in [-0.25, -0.2) is 4.98 Å². The average molecular weight is 300 g/mol. The van der Waals surface area contributed by atoms with E-state index in [9.17, 15) is 5.11 Å². The number of ether oxygens (including phenoxy) is 1. The van der Waals surface area contributed by atoms with Gasteiger partial charge in [-0.05, 0) is 6.07 Å². The van der Waals surface area contributed by atoms with Crippen LogP contribution in [0.25, 0.3) is 0 Å². The van der Waals surface area contributed by atoms with E-state index in [0.717, 1.165) is 51.5 Å². The standard InChI is InChI=1S/C14H22ClN3O2/c15-14-13(2-1-3-16-14)12-18(6-9-19)5-4-17-7-10-20-11-8-17/h1-3,19H,4-12H2. The van der Waals surface area contributed by atoms with Gasteiger partial charge in [-0.3, -0.25) is 9.80 Å². The highest BCUT2D eigenvalue weighted by atomic mass is 35.5. The Morgan fingerprint density at radius 1 is 1.35 bits per heavy atom. The first kappa shape index (κ1) is 15.7. The molecule has 112 valence electrons. The summed E-state index contributed by atoms with van der Waals surface area (Å²) in [6.45, 7) is 7.02. The van der Waals surface area contributed by atoms with Crippen LogP contribution >= 0.6 is 11.6 Å².